The normalized spacial score (nSPS) is 15.9. The van der Waals surface area contributed by atoms with E-state index in [-0.39, 0.29) is 0 Å². The van der Waals surface area contributed by atoms with Gasteiger partial charge in [-0.1, -0.05) is 25.5 Å². The van der Waals surface area contributed by atoms with E-state index in [2.05, 4.69) is 50.3 Å². The molecule has 0 saturated carbocycles. The SMILES string of the molecule is CC(C)=CCN1CCc2c(nc(C(C)C)n2C)C1. The Balaban J connectivity index is 2.15. The quantitative estimate of drug-likeness (QED) is 0.766. The third-order valence-electron chi connectivity index (χ3n) is 3.64. The van der Waals surface area contributed by atoms with Gasteiger partial charge in [-0.25, -0.2) is 4.98 Å². The lowest BCUT2D eigenvalue weighted by molar-refractivity contribution is 0.275. The third kappa shape index (κ3) is 2.66. The molecule has 1 aliphatic heterocycles. The smallest absolute Gasteiger partial charge is 0.111 e. The summed E-state index contributed by atoms with van der Waals surface area (Å²) in [5.74, 6) is 1.73. The molecule has 3 heteroatoms. The largest absolute Gasteiger partial charge is 0.335 e. The predicted octanol–water partition coefficient (Wildman–Crippen LogP) is 2.87. The number of fused-ring (bicyclic) bond motifs is 1. The molecular formula is C15H25N3. The van der Waals surface area contributed by atoms with Crippen molar-refractivity contribution in [2.45, 2.75) is 46.6 Å². The van der Waals surface area contributed by atoms with E-state index in [1.54, 1.807) is 0 Å². The average molecular weight is 247 g/mol. The number of rotatable bonds is 3. The van der Waals surface area contributed by atoms with Gasteiger partial charge in [-0.15, -0.1) is 0 Å². The third-order valence-corrected chi connectivity index (χ3v) is 3.64. The molecule has 100 valence electrons. The molecule has 0 unspecified atom stereocenters. The molecule has 1 aliphatic rings. The molecule has 0 N–H and O–H groups in total. The monoisotopic (exact) mass is 247 g/mol. The summed E-state index contributed by atoms with van der Waals surface area (Å²) in [7, 11) is 2.16. The molecule has 0 atom stereocenters. The molecule has 2 heterocycles. The lowest BCUT2D eigenvalue weighted by Gasteiger charge is -2.25. The van der Waals surface area contributed by atoms with Crippen molar-refractivity contribution < 1.29 is 0 Å². The number of hydrogen-bond acceptors (Lipinski definition) is 2. The van der Waals surface area contributed by atoms with E-state index in [0.717, 1.165) is 26.1 Å². The Morgan fingerprint density at radius 2 is 2.11 bits per heavy atom. The number of allylic oxidation sites excluding steroid dienone is 1. The minimum Gasteiger partial charge on any atom is -0.335 e. The molecule has 1 aromatic rings. The van der Waals surface area contributed by atoms with Crippen molar-refractivity contribution in [3.63, 3.8) is 0 Å². The van der Waals surface area contributed by atoms with E-state index in [0.29, 0.717) is 5.92 Å². The summed E-state index contributed by atoms with van der Waals surface area (Å²) >= 11 is 0. The highest BCUT2D eigenvalue weighted by atomic mass is 15.2. The van der Waals surface area contributed by atoms with Gasteiger partial charge >= 0.3 is 0 Å². The molecule has 0 amide bonds. The van der Waals surface area contributed by atoms with Gasteiger partial charge < -0.3 is 4.57 Å². The molecule has 0 radical (unpaired) electrons. The molecular weight excluding hydrogens is 222 g/mol. The molecule has 1 aromatic heterocycles. The van der Waals surface area contributed by atoms with E-state index in [9.17, 15) is 0 Å². The minimum absolute atomic E-state index is 0.506. The first-order valence-corrected chi connectivity index (χ1v) is 6.89. The van der Waals surface area contributed by atoms with Gasteiger partial charge in [0.05, 0.1) is 5.69 Å². The molecule has 0 bridgehead atoms. The van der Waals surface area contributed by atoms with Crippen molar-refractivity contribution >= 4 is 0 Å². The highest BCUT2D eigenvalue weighted by Gasteiger charge is 2.22. The molecule has 2 rings (SSSR count). The van der Waals surface area contributed by atoms with E-state index in [4.69, 9.17) is 4.98 Å². The Morgan fingerprint density at radius 3 is 2.72 bits per heavy atom. The molecule has 0 aliphatic carbocycles. The molecule has 3 nitrogen and oxygen atoms in total. The zero-order chi connectivity index (χ0) is 13.3. The predicted molar refractivity (Wildman–Crippen MR) is 75.7 cm³/mol. The van der Waals surface area contributed by atoms with Crippen LogP contribution < -0.4 is 0 Å². The summed E-state index contributed by atoms with van der Waals surface area (Å²) < 4.78 is 2.30. The standard InChI is InChI=1S/C15H25N3/c1-11(2)6-8-18-9-7-14-13(10-18)16-15(12(3)4)17(14)5/h6,12H,7-10H2,1-5H3. The maximum atomic E-state index is 4.83. The summed E-state index contributed by atoms with van der Waals surface area (Å²) in [4.78, 5) is 7.31. The number of aromatic nitrogens is 2. The van der Waals surface area contributed by atoms with Gasteiger partial charge in [-0.05, 0) is 13.8 Å². The van der Waals surface area contributed by atoms with Gasteiger partial charge in [0.15, 0.2) is 0 Å². The number of nitrogens with zero attached hydrogens (tertiary/aromatic N) is 3. The van der Waals surface area contributed by atoms with Gasteiger partial charge in [0, 0.05) is 44.7 Å². The number of hydrogen-bond donors (Lipinski definition) is 0. The van der Waals surface area contributed by atoms with Crippen molar-refractivity contribution in [2.75, 3.05) is 13.1 Å². The Labute approximate surface area is 111 Å². The fraction of sp³-hybridized carbons (Fsp3) is 0.667. The van der Waals surface area contributed by atoms with Crippen LogP contribution in [0.3, 0.4) is 0 Å². The summed E-state index contributed by atoms with van der Waals surface area (Å²) in [6.07, 6.45) is 3.43. The van der Waals surface area contributed by atoms with Gasteiger partial charge in [0.25, 0.3) is 0 Å². The first kappa shape index (κ1) is 13.3. The average Bonchev–Trinajstić information content (AvgIpc) is 2.64. The van der Waals surface area contributed by atoms with Crippen molar-refractivity contribution in [1.29, 1.82) is 0 Å². The maximum Gasteiger partial charge on any atom is 0.111 e. The fourth-order valence-electron chi connectivity index (χ4n) is 2.59. The Hall–Kier alpha value is -1.09. The van der Waals surface area contributed by atoms with Crippen LogP contribution in [0.1, 0.15) is 50.8 Å². The van der Waals surface area contributed by atoms with Crippen LogP contribution in [0.25, 0.3) is 0 Å². The van der Waals surface area contributed by atoms with E-state index in [1.807, 2.05) is 0 Å². The van der Waals surface area contributed by atoms with Crippen molar-refractivity contribution in [3.05, 3.63) is 28.9 Å². The summed E-state index contributed by atoms with van der Waals surface area (Å²) in [6, 6.07) is 0. The highest BCUT2D eigenvalue weighted by molar-refractivity contribution is 5.21. The first-order valence-electron chi connectivity index (χ1n) is 6.89. The minimum atomic E-state index is 0.506. The van der Waals surface area contributed by atoms with Crippen LogP contribution >= 0.6 is 0 Å². The summed E-state index contributed by atoms with van der Waals surface area (Å²) in [5.41, 5.74) is 4.12. The van der Waals surface area contributed by atoms with Crippen LogP contribution in [0, 0.1) is 0 Å². The molecule has 0 saturated heterocycles. The second kappa shape index (κ2) is 5.27. The summed E-state index contributed by atoms with van der Waals surface area (Å²) in [6.45, 7) is 12.0. The van der Waals surface area contributed by atoms with E-state index >= 15 is 0 Å². The van der Waals surface area contributed by atoms with Crippen LogP contribution in [0.15, 0.2) is 11.6 Å². The highest BCUT2D eigenvalue weighted by Crippen LogP contribution is 2.23. The molecule has 0 fully saturated rings. The number of imidazole rings is 1. The van der Waals surface area contributed by atoms with Gasteiger partial charge in [-0.2, -0.15) is 0 Å². The zero-order valence-electron chi connectivity index (χ0n) is 12.3. The van der Waals surface area contributed by atoms with Crippen molar-refractivity contribution in [3.8, 4) is 0 Å². The van der Waals surface area contributed by atoms with E-state index in [1.165, 1.54) is 22.8 Å². The van der Waals surface area contributed by atoms with Crippen LogP contribution in [-0.4, -0.2) is 27.5 Å². The lowest BCUT2D eigenvalue weighted by atomic mass is 10.1. The van der Waals surface area contributed by atoms with Gasteiger partial charge in [0.1, 0.15) is 5.82 Å². The molecule has 18 heavy (non-hydrogen) atoms. The molecule has 0 spiro atoms. The lowest BCUT2D eigenvalue weighted by Crippen LogP contribution is -2.31. The first-order chi connectivity index (χ1) is 8.49. The van der Waals surface area contributed by atoms with Crippen LogP contribution in [-0.2, 0) is 20.0 Å². The van der Waals surface area contributed by atoms with Gasteiger partial charge in [-0.3, -0.25) is 4.90 Å². The Kier molecular flexibility index (Phi) is 3.91. The summed E-state index contributed by atoms with van der Waals surface area (Å²) in [5, 5.41) is 0. The van der Waals surface area contributed by atoms with E-state index < -0.39 is 0 Å². The zero-order valence-corrected chi connectivity index (χ0v) is 12.3. The topological polar surface area (TPSA) is 21.1 Å². The fourth-order valence-corrected chi connectivity index (χ4v) is 2.59. The Morgan fingerprint density at radius 1 is 1.39 bits per heavy atom. The van der Waals surface area contributed by atoms with Crippen LogP contribution in [0.5, 0.6) is 0 Å². The van der Waals surface area contributed by atoms with Crippen molar-refractivity contribution in [2.24, 2.45) is 7.05 Å². The van der Waals surface area contributed by atoms with Gasteiger partial charge in [0.2, 0.25) is 0 Å². The van der Waals surface area contributed by atoms with Crippen LogP contribution in [0.4, 0.5) is 0 Å². The van der Waals surface area contributed by atoms with Crippen LogP contribution in [0.2, 0.25) is 0 Å². The van der Waals surface area contributed by atoms with Crippen molar-refractivity contribution in [1.82, 2.24) is 14.5 Å². The maximum absolute atomic E-state index is 4.83. The Bertz CT molecular complexity index is 451. The second-order valence-electron chi connectivity index (χ2n) is 5.84. The molecule has 0 aromatic carbocycles. The second-order valence-corrected chi connectivity index (χ2v) is 5.84.